The molecule has 114 valence electrons. The number of nitrogens with one attached hydrogen (secondary N) is 1. The summed E-state index contributed by atoms with van der Waals surface area (Å²) < 4.78 is 11.8. The van der Waals surface area contributed by atoms with Crippen LogP contribution in [-0.2, 0) is 5.72 Å². The van der Waals surface area contributed by atoms with Crippen LogP contribution in [0.1, 0.15) is 36.4 Å². The highest BCUT2D eigenvalue weighted by Crippen LogP contribution is 2.49. The van der Waals surface area contributed by atoms with E-state index in [0.29, 0.717) is 18.9 Å². The lowest BCUT2D eigenvalue weighted by molar-refractivity contribution is -0.120. The summed E-state index contributed by atoms with van der Waals surface area (Å²) in [5, 5.41) is 3.07. The summed E-state index contributed by atoms with van der Waals surface area (Å²) >= 11 is 0. The molecule has 1 aromatic heterocycles. The lowest BCUT2D eigenvalue weighted by atomic mass is 9.87. The van der Waals surface area contributed by atoms with Crippen LogP contribution in [0.25, 0.3) is 0 Å². The van der Waals surface area contributed by atoms with E-state index in [2.05, 4.69) is 10.3 Å². The molecule has 1 fully saturated rings. The lowest BCUT2D eigenvalue weighted by Gasteiger charge is -2.50. The molecule has 2 atom stereocenters. The molecule has 2 aliphatic rings. The van der Waals surface area contributed by atoms with Crippen LogP contribution in [0.2, 0.25) is 0 Å². The van der Waals surface area contributed by atoms with Crippen LogP contribution >= 0.6 is 0 Å². The number of fused-ring (bicyclic) bond motifs is 4. The van der Waals surface area contributed by atoms with Gasteiger partial charge in [-0.1, -0.05) is 12.1 Å². The Labute approximate surface area is 128 Å². The first-order valence-electron chi connectivity index (χ1n) is 7.42. The van der Waals surface area contributed by atoms with Crippen molar-refractivity contribution >= 4 is 6.03 Å². The molecule has 3 heterocycles. The fourth-order valence-electron chi connectivity index (χ4n) is 3.53. The first-order chi connectivity index (χ1) is 10.7. The number of aryl methyl sites for hydroxylation is 1. The number of hydrogen-bond donors (Lipinski definition) is 1. The normalized spacial score (nSPS) is 26.2. The van der Waals surface area contributed by atoms with Crippen molar-refractivity contribution < 1.29 is 13.9 Å². The van der Waals surface area contributed by atoms with Crippen LogP contribution in [0.4, 0.5) is 4.79 Å². The zero-order chi connectivity index (χ0) is 15.3. The van der Waals surface area contributed by atoms with Gasteiger partial charge in [-0.2, -0.15) is 0 Å². The molecule has 2 amide bonds. The Morgan fingerprint density at radius 3 is 3.09 bits per heavy atom. The van der Waals surface area contributed by atoms with Crippen LogP contribution in [0.5, 0.6) is 5.75 Å². The Balaban J connectivity index is 1.93. The standard InChI is InChI=1S/C16H17N3O3/c1-3-19-15(20)18-11-9-16(19,14-17-7-8-21-14)22-12-6-4-5-10(2)13(11)12/h4-8,11H,3,9H2,1-2H3,(H,18,20). The van der Waals surface area contributed by atoms with E-state index in [1.807, 2.05) is 32.0 Å². The van der Waals surface area contributed by atoms with E-state index >= 15 is 0 Å². The smallest absolute Gasteiger partial charge is 0.321 e. The Morgan fingerprint density at radius 2 is 2.36 bits per heavy atom. The number of ether oxygens (including phenoxy) is 1. The van der Waals surface area contributed by atoms with Gasteiger partial charge in [-0.05, 0) is 25.5 Å². The number of nitrogens with zero attached hydrogens (tertiary/aromatic N) is 2. The van der Waals surface area contributed by atoms with E-state index in [9.17, 15) is 4.79 Å². The molecule has 2 aliphatic heterocycles. The summed E-state index contributed by atoms with van der Waals surface area (Å²) in [6.07, 6.45) is 3.66. The average Bonchev–Trinajstić information content (AvgIpc) is 3.01. The molecular weight excluding hydrogens is 282 g/mol. The van der Waals surface area contributed by atoms with Crippen LogP contribution in [0.3, 0.4) is 0 Å². The van der Waals surface area contributed by atoms with Crippen LogP contribution in [-0.4, -0.2) is 22.5 Å². The SMILES string of the molecule is CCN1C(=O)NC2CC1(c1ncco1)Oc1cccc(C)c12. The van der Waals surface area contributed by atoms with Gasteiger partial charge in [-0.15, -0.1) is 0 Å². The summed E-state index contributed by atoms with van der Waals surface area (Å²) in [7, 11) is 0. The third kappa shape index (κ3) is 1.60. The number of rotatable bonds is 2. The van der Waals surface area contributed by atoms with E-state index in [4.69, 9.17) is 9.15 Å². The Morgan fingerprint density at radius 1 is 1.50 bits per heavy atom. The Bertz CT molecular complexity index is 728. The maximum atomic E-state index is 12.5. The minimum atomic E-state index is -0.980. The highest BCUT2D eigenvalue weighted by Gasteiger charge is 2.56. The van der Waals surface area contributed by atoms with Gasteiger partial charge in [-0.25, -0.2) is 9.78 Å². The number of carbonyl (C=O) groups excluding carboxylic acids is 1. The fraction of sp³-hybridized carbons (Fsp3) is 0.375. The molecule has 0 saturated carbocycles. The van der Waals surface area contributed by atoms with Gasteiger partial charge in [-0.3, -0.25) is 4.90 Å². The van der Waals surface area contributed by atoms with Crippen LogP contribution in [0.15, 0.2) is 35.1 Å². The molecule has 1 aromatic carbocycles. The molecule has 2 bridgehead atoms. The topological polar surface area (TPSA) is 67.6 Å². The van der Waals surface area contributed by atoms with Gasteiger partial charge in [0.1, 0.15) is 12.0 Å². The molecule has 6 heteroatoms. The molecule has 1 N–H and O–H groups in total. The second-order valence-electron chi connectivity index (χ2n) is 5.66. The summed E-state index contributed by atoms with van der Waals surface area (Å²) in [6.45, 7) is 4.44. The molecule has 4 rings (SSSR count). The number of amides is 2. The Hall–Kier alpha value is -2.50. The van der Waals surface area contributed by atoms with E-state index in [1.54, 1.807) is 11.1 Å². The largest absolute Gasteiger partial charge is 0.458 e. The Kier molecular flexibility index (Phi) is 2.69. The van der Waals surface area contributed by atoms with Crippen molar-refractivity contribution in [3.63, 3.8) is 0 Å². The van der Waals surface area contributed by atoms with Gasteiger partial charge < -0.3 is 14.5 Å². The molecule has 1 saturated heterocycles. The molecule has 6 nitrogen and oxygen atoms in total. The molecule has 0 radical (unpaired) electrons. The van der Waals surface area contributed by atoms with Gasteiger partial charge in [0.05, 0.1) is 12.2 Å². The second-order valence-corrected chi connectivity index (χ2v) is 5.66. The minimum Gasteiger partial charge on any atom is -0.458 e. The van der Waals surface area contributed by atoms with Crippen molar-refractivity contribution in [3.8, 4) is 5.75 Å². The maximum Gasteiger partial charge on any atom is 0.321 e. The molecule has 2 aromatic rings. The van der Waals surface area contributed by atoms with Crippen molar-refractivity contribution in [2.24, 2.45) is 0 Å². The second kappa shape index (κ2) is 4.50. The number of carbonyl (C=O) groups is 1. The minimum absolute atomic E-state index is 0.104. The van der Waals surface area contributed by atoms with Crippen LogP contribution < -0.4 is 10.1 Å². The predicted octanol–water partition coefficient (Wildman–Crippen LogP) is 2.70. The van der Waals surface area contributed by atoms with E-state index in [1.165, 1.54) is 6.26 Å². The maximum absolute atomic E-state index is 12.5. The quantitative estimate of drug-likeness (QED) is 0.925. The number of oxazole rings is 1. The van der Waals surface area contributed by atoms with Gasteiger partial charge in [0, 0.05) is 18.5 Å². The number of benzene rings is 1. The average molecular weight is 299 g/mol. The highest BCUT2D eigenvalue weighted by molar-refractivity contribution is 5.77. The summed E-state index contributed by atoms with van der Waals surface area (Å²) in [6, 6.07) is 5.64. The summed E-state index contributed by atoms with van der Waals surface area (Å²) in [4.78, 5) is 18.4. The fourth-order valence-corrected chi connectivity index (χ4v) is 3.53. The van der Waals surface area contributed by atoms with Crippen molar-refractivity contribution in [2.75, 3.05) is 6.54 Å². The first-order valence-corrected chi connectivity index (χ1v) is 7.42. The highest BCUT2D eigenvalue weighted by atomic mass is 16.5. The van der Waals surface area contributed by atoms with Crippen molar-refractivity contribution in [3.05, 3.63) is 47.7 Å². The number of urea groups is 1. The third-order valence-corrected chi connectivity index (χ3v) is 4.45. The number of hydrogen-bond acceptors (Lipinski definition) is 4. The van der Waals surface area contributed by atoms with Crippen molar-refractivity contribution in [1.29, 1.82) is 0 Å². The summed E-state index contributed by atoms with van der Waals surface area (Å²) in [5.74, 6) is 1.19. The molecular formula is C16H17N3O3. The first kappa shape index (κ1) is 13.2. The zero-order valence-electron chi connectivity index (χ0n) is 12.5. The molecule has 2 unspecified atom stereocenters. The van der Waals surface area contributed by atoms with Gasteiger partial charge in [0.15, 0.2) is 0 Å². The van der Waals surface area contributed by atoms with Crippen LogP contribution in [0, 0.1) is 6.92 Å². The van der Waals surface area contributed by atoms with Crippen molar-refractivity contribution in [2.45, 2.75) is 32.0 Å². The molecule has 0 aliphatic carbocycles. The molecule has 22 heavy (non-hydrogen) atoms. The zero-order valence-corrected chi connectivity index (χ0v) is 12.5. The van der Waals surface area contributed by atoms with E-state index < -0.39 is 5.72 Å². The predicted molar refractivity (Wildman–Crippen MR) is 78.3 cm³/mol. The third-order valence-electron chi connectivity index (χ3n) is 4.45. The monoisotopic (exact) mass is 299 g/mol. The van der Waals surface area contributed by atoms with E-state index in [-0.39, 0.29) is 12.1 Å². The summed E-state index contributed by atoms with van der Waals surface area (Å²) in [5.41, 5.74) is 1.16. The molecule has 0 spiro atoms. The van der Waals surface area contributed by atoms with Gasteiger partial charge in [0.2, 0.25) is 0 Å². The number of aromatic nitrogens is 1. The van der Waals surface area contributed by atoms with Gasteiger partial charge in [0.25, 0.3) is 11.6 Å². The van der Waals surface area contributed by atoms with Crippen molar-refractivity contribution in [1.82, 2.24) is 15.2 Å². The lowest BCUT2D eigenvalue weighted by Crippen LogP contribution is -2.64. The van der Waals surface area contributed by atoms with E-state index in [0.717, 1.165) is 16.9 Å². The van der Waals surface area contributed by atoms with Gasteiger partial charge >= 0.3 is 6.03 Å².